The van der Waals surface area contributed by atoms with E-state index >= 15 is 0 Å². The van der Waals surface area contributed by atoms with E-state index in [4.69, 9.17) is 0 Å². The minimum atomic E-state index is 0.738. The van der Waals surface area contributed by atoms with Gasteiger partial charge in [0.05, 0.1) is 17.6 Å². The number of benzene rings is 1. The molecule has 1 heterocycles. The number of aromatic amines is 1. The van der Waals surface area contributed by atoms with Crippen LogP contribution < -0.4 is 5.32 Å². The molecule has 3 heteroatoms. The molecular formula is C18H23N3. The van der Waals surface area contributed by atoms with E-state index in [1.54, 1.807) is 0 Å². The Bertz CT molecular complexity index is 628. The summed E-state index contributed by atoms with van der Waals surface area (Å²) in [4.78, 5) is 8.12. The van der Waals surface area contributed by atoms with Crippen LogP contribution in [-0.2, 0) is 6.54 Å². The summed E-state index contributed by atoms with van der Waals surface area (Å²) >= 11 is 0. The van der Waals surface area contributed by atoms with Crippen LogP contribution in [0.15, 0.2) is 24.3 Å². The van der Waals surface area contributed by atoms with Crippen LogP contribution in [0.5, 0.6) is 0 Å². The molecule has 5 atom stereocenters. The summed E-state index contributed by atoms with van der Waals surface area (Å²) in [6, 6.07) is 9.04. The lowest BCUT2D eigenvalue weighted by Gasteiger charge is -2.32. The quantitative estimate of drug-likeness (QED) is 0.904. The Balaban J connectivity index is 1.29. The van der Waals surface area contributed by atoms with Crippen molar-refractivity contribution in [3.05, 3.63) is 30.1 Å². The van der Waals surface area contributed by atoms with Gasteiger partial charge in [0.1, 0.15) is 5.82 Å². The number of hydrogen-bond acceptors (Lipinski definition) is 2. The van der Waals surface area contributed by atoms with E-state index in [-0.39, 0.29) is 0 Å². The number of para-hydroxylation sites is 2. The molecule has 2 N–H and O–H groups in total. The van der Waals surface area contributed by atoms with Crippen LogP contribution in [0.3, 0.4) is 0 Å². The zero-order valence-corrected chi connectivity index (χ0v) is 12.4. The number of H-pyrrole nitrogens is 1. The van der Waals surface area contributed by atoms with E-state index in [1.165, 1.54) is 32.1 Å². The van der Waals surface area contributed by atoms with Crippen LogP contribution in [0.1, 0.15) is 37.9 Å². The fraction of sp³-hybridized carbons (Fsp3) is 0.611. The molecule has 3 aliphatic carbocycles. The van der Waals surface area contributed by atoms with Gasteiger partial charge in [-0.05, 0) is 61.5 Å². The molecule has 0 radical (unpaired) electrons. The van der Waals surface area contributed by atoms with Crippen molar-refractivity contribution in [1.29, 1.82) is 0 Å². The van der Waals surface area contributed by atoms with Crippen LogP contribution in [-0.4, -0.2) is 16.0 Å². The summed E-state index contributed by atoms with van der Waals surface area (Å²) in [7, 11) is 0. The van der Waals surface area contributed by atoms with Crippen LogP contribution in [0.25, 0.3) is 11.0 Å². The monoisotopic (exact) mass is 281 g/mol. The van der Waals surface area contributed by atoms with Gasteiger partial charge in [-0.25, -0.2) is 4.98 Å². The minimum Gasteiger partial charge on any atom is -0.341 e. The molecular weight excluding hydrogens is 258 g/mol. The lowest BCUT2D eigenvalue weighted by Crippen LogP contribution is -2.39. The lowest BCUT2D eigenvalue weighted by atomic mass is 9.79. The second-order valence-electron chi connectivity index (χ2n) is 7.34. The van der Waals surface area contributed by atoms with Gasteiger partial charge in [0, 0.05) is 6.04 Å². The first-order chi connectivity index (χ1) is 10.4. The summed E-state index contributed by atoms with van der Waals surface area (Å²) in [6.45, 7) is 0.889. The van der Waals surface area contributed by atoms with E-state index in [0.717, 1.165) is 53.1 Å². The first-order valence-electron chi connectivity index (χ1n) is 8.55. The van der Waals surface area contributed by atoms with E-state index in [2.05, 4.69) is 39.6 Å². The molecule has 0 saturated heterocycles. The molecule has 2 aromatic rings. The predicted molar refractivity (Wildman–Crippen MR) is 83.8 cm³/mol. The van der Waals surface area contributed by atoms with Crippen molar-refractivity contribution in [3.8, 4) is 0 Å². The topological polar surface area (TPSA) is 40.7 Å². The van der Waals surface area contributed by atoms with Crippen molar-refractivity contribution in [2.75, 3.05) is 0 Å². The zero-order chi connectivity index (χ0) is 13.8. The van der Waals surface area contributed by atoms with Crippen molar-refractivity contribution in [2.24, 2.45) is 23.7 Å². The first kappa shape index (κ1) is 12.2. The molecule has 3 aliphatic rings. The van der Waals surface area contributed by atoms with Gasteiger partial charge in [-0.15, -0.1) is 0 Å². The van der Waals surface area contributed by atoms with Crippen molar-refractivity contribution in [1.82, 2.24) is 15.3 Å². The molecule has 2 bridgehead atoms. The SMILES string of the molecule is c1ccc2[nH]c(CNC3CC4CC3C3CCCC43)nc2c1. The van der Waals surface area contributed by atoms with Crippen LogP contribution >= 0.6 is 0 Å². The number of nitrogens with one attached hydrogen (secondary N) is 2. The zero-order valence-electron chi connectivity index (χ0n) is 12.4. The summed E-state index contributed by atoms with van der Waals surface area (Å²) in [5.74, 6) is 5.18. The number of rotatable bonds is 3. The highest BCUT2D eigenvalue weighted by Gasteiger charge is 2.53. The van der Waals surface area contributed by atoms with Crippen molar-refractivity contribution >= 4 is 11.0 Å². The Kier molecular flexibility index (Phi) is 2.66. The highest BCUT2D eigenvalue weighted by molar-refractivity contribution is 5.74. The minimum absolute atomic E-state index is 0.738. The smallest absolute Gasteiger partial charge is 0.121 e. The van der Waals surface area contributed by atoms with Gasteiger partial charge in [-0.3, -0.25) is 0 Å². The van der Waals surface area contributed by atoms with E-state index in [9.17, 15) is 0 Å². The summed E-state index contributed by atoms with van der Waals surface area (Å²) < 4.78 is 0. The molecule has 0 amide bonds. The van der Waals surface area contributed by atoms with Crippen LogP contribution in [0.2, 0.25) is 0 Å². The molecule has 0 spiro atoms. The Morgan fingerprint density at radius 2 is 2.00 bits per heavy atom. The van der Waals surface area contributed by atoms with Crippen LogP contribution in [0.4, 0.5) is 0 Å². The molecule has 21 heavy (non-hydrogen) atoms. The maximum absolute atomic E-state index is 4.68. The first-order valence-corrected chi connectivity index (χ1v) is 8.55. The van der Waals surface area contributed by atoms with Gasteiger partial charge < -0.3 is 10.3 Å². The van der Waals surface area contributed by atoms with Gasteiger partial charge in [-0.1, -0.05) is 18.6 Å². The molecule has 1 aromatic carbocycles. The van der Waals surface area contributed by atoms with Gasteiger partial charge in [0.25, 0.3) is 0 Å². The Morgan fingerprint density at radius 3 is 2.95 bits per heavy atom. The van der Waals surface area contributed by atoms with Gasteiger partial charge >= 0.3 is 0 Å². The van der Waals surface area contributed by atoms with Crippen molar-refractivity contribution < 1.29 is 0 Å². The summed E-state index contributed by atoms with van der Waals surface area (Å²) in [6.07, 6.45) is 7.40. The average molecular weight is 281 g/mol. The van der Waals surface area contributed by atoms with Gasteiger partial charge in [-0.2, -0.15) is 0 Å². The van der Waals surface area contributed by atoms with Gasteiger partial charge in [0.15, 0.2) is 0 Å². The molecule has 5 unspecified atom stereocenters. The number of hydrogen-bond donors (Lipinski definition) is 2. The summed E-state index contributed by atoms with van der Waals surface area (Å²) in [5, 5.41) is 3.81. The normalized spacial score (nSPS) is 37.4. The standard InChI is InChI=1S/C18H23N3/c1-2-7-16-15(6-1)20-18(21-16)10-19-17-9-11-8-14(17)13-5-3-4-12(11)13/h1-2,6-7,11-14,17,19H,3-5,8-10H2,(H,20,21). The molecule has 1 aromatic heterocycles. The van der Waals surface area contributed by atoms with Crippen molar-refractivity contribution in [3.63, 3.8) is 0 Å². The molecule has 3 fully saturated rings. The fourth-order valence-corrected chi connectivity index (χ4v) is 5.62. The number of imidazole rings is 1. The Morgan fingerprint density at radius 1 is 1.10 bits per heavy atom. The molecule has 5 rings (SSSR count). The third kappa shape index (κ3) is 1.87. The second kappa shape index (κ2) is 4.57. The largest absolute Gasteiger partial charge is 0.341 e. The van der Waals surface area contributed by atoms with Crippen molar-refractivity contribution in [2.45, 2.75) is 44.7 Å². The van der Waals surface area contributed by atoms with Gasteiger partial charge in [0.2, 0.25) is 0 Å². The fourth-order valence-electron chi connectivity index (χ4n) is 5.62. The van der Waals surface area contributed by atoms with E-state index in [1.807, 2.05) is 0 Å². The third-order valence-electron chi connectivity index (χ3n) is 6.40. The van der Waals surface area contributed by atoms with E-state index in [0.29, 0.717) is 0 Å². The molecule has 3 saturated carbocycles. The maximum Gasteiger partial charge on any atom is 0.121 e. The number of nitrogens with zero attached hydrogens (tertiary/aromatic N) is 1. The molecule has 0 aliphatic heterocycles. The highest BCUT2D eigenvalue weighted by Crippen LogP contribution is 2.58. The highest BCUT2D eigenvalue weighted by atomic mass is 15.0. The maximum atomic E-state index is 4.68. The van der Waals surface area contributed by atoms with E-state index < -0.39 is 0 Å². The molecule has 110 valence electrons. The third-order valence-corrected chi connectivity index (χ3v) is 6.40. The average Bonchev–Trinajstić information content (AvgIpc) is 3.23. The summed E-state index contributed by atoms with van der Waals surface area (Å²) in [5.41, 5.74) is 2.23. The second-order valence-corrected chi connectivity index (χ2v) is 7.34. The molecule has 3 nitrogen and oxygen atoms in total. The predicted octanol–water partition coefficient (Wildman–Crippen LogP) is 3.48. The number of aromatic nitrogens is 2. The lowest BCUT2D eigenvalue weighted by molar-refractivity contribution is 0.207. The Hall–Kier alpha value is -1.35. The number of fused-ring (bicyclic) bond motifs is 6. The Labute approximate surface area is 125 Å². The van der Waals surface area contributed by atoms with Crippen LogP contribution in [0, 0.1) is 23.7 Å².